The van der Waals surface area contributed by atoms with Crippen LogP contribution in [0.25, 0.3) is 0 Å². The van der Waals surface area contributed by atoms with Crippen LogP contribution in [0, 0.1) is 11.2 Å². The SMILES string of the molecule is CCC[C@]1(c2ccc(F)cc2)CCN([C@@H](C)C(C)(C)C)C(=O)O1.CS(=O)(=O)Cl. The summed E-state index contributed by atoms with van der Waals surface area (Å²) in [5, 5.41) is 0. The summed E-state index contributed by atoms with van der Waals surface area (Å²) in [7, 11) is 1.31. The summed E-state index contributed by atoms with van der Waals surface area (Å²) >= 11 is 0. The van der Waals surface area contributed by atoms with Crippen molar-refractivity contribution in [2.45, 2.75) is 65.5 Å². The molecule has 0 aliphatic carbocycles. The van der Waals surface area contributed by atoms with Crippen molar-refractivity contribution in [2.24, 2.45) is 5.41 Å². The van der Waals surface area contributed by atoms with E-state index in [1.165, 1.54) is 12.1 Å². The molecule has 0 bridgehead atoms. The molecule has 0 spiro atoms. The average Bonchev–Trinajstić information content (AvgIpc) is 2.53. The van der Waals surface area contributed by atoms with E-state index in [4.69, 9.17) is 4.74 Å². The van der Waals surface area contributed by atoms with Crippen LogP contribution in [0.15, 0.2) is 24.3 Å². The number of carbonyl (C=O) groups is 1. The predicted molar refractivity (Wildman–Crippen MR) is 110 cm³/mol. The van der Waals surface area contributed by atoms with E-state index >= 15 is 0 Å². The van der Waals surface area contributed by atoms with Crippen molar-refractivity contribution in [3.05, 3.63) is 35.6 Å². The van der Waals surface area contributed by atoms with Gasteiger partial charge in [0.25, 0.3) is 0 Å². The van der Waals surface area contributed by atoms with E-state index in [1.54, 1.807) is 12.1 Å². The number of ether oxygens (including phenoxy) is 1. The van der Waals surface area contributed by atoms with Gasteiger partial charge in [0.2, 0.25) is 9.05 Å². The van der Waals surface area contributed by atoms with Gasteiger partial charge in [-0.1, -0.05) is 46.2 Å². The van der Waals surface area contributed by atoms with E-state index in [-0.39, 0.29) is 23.4 Å². The Morgan fingerprint density at radius 3 is 2.18 bits per heavy atom. The van der Waals surface area contributed by atoms with Crippen molar-refractivity contribution in [1.82, 2.24) is 4.90 Å². The molecule has 2 rings (SSSR count). The smallest absolute Gasteiger partial charge is 0.410 e. The van der Waals surface area contributed by atoms with Gasteiger partial charge in [-0.15, -0.1) is 0 Å². The molecule has 1 saturated heterocycles. The third-order valence-corrected chi connectivity index (χ3v) is 5.02. The van der Waals surface area contributed by atoms with Crippen molar-refractivity contribution in [2.75, 3.05) is 12.8 Å². The zero-order chi connectivity index (χ0) is 21.8. The number of benzene rings is 1. The van der Waals surface area contributed by atoms with Gasteiger partial charge in [-0.05, 0) is 36.5 Å². The minimum absolute atomic E-state index is 0.000345. The van der Waals surface area contributed by atoms with Crippen molar-refractivity contribution in [3.8, 4) is 0 Å². The second kappa shape index (κ2) is 9.44. The maximum absolute atomic E-state index is 13.2. The van der Waals surface area contributed by atoms with Crippen molar-refractivity contribution in [3.63, 3.8) is 0 Å². The van der Waals surface area contributed by atoms with E-state index in [1.807, 2.05) is 4.90 Å². The maximum Gasteiger partial charge on any atom is 0.410 e. The molecule has 0 saturated carbocycles. The number of nitrogens with zero attached hydrogens (tertiary/aromatic N) is 1. The zero-order valence-electron chi connectivity index (χ0n) is 17.5. The van der Waals surface area contributed by atoms with Gasteiger partial charge in [0, 0.05) is 29.7 Å². The highest BCUT2D eigenvalue weighted by atomic mass is 35.7. The first-order valence-electron chi connectivity index (χ1n) is 9.35. The molecule has 2 atom stereocenters. The molecule has 160 valence electrons. The van der Waals surface area contributed by atoms with Crippen molar-refractivity contribution < 1.29 is 22.3 Å². The van der Waals surface area contributed by atoms with Gasteiger partial charge >= 0.3 is 6.09 Å². The molecule has 1 aliphatic rings. The number of halogens is 2. The summed E-state index contributed by atoms with van der Waals surface area (Å²) in [6.07, 6.45) is 3.05. The van der Waals surface area contributed by atoms with Crippen LogP contribution in [0.5, 0.6) is 0 Å². The van der Waals surface area contributed by atoms with Gasteiger partial charge in [-0.3, -0.25) is 0 Å². The molecule has 1 heterocycles. The lowest BCUT2D eigenvalue weighted by atomic mass is 9.83. The summed E-state index contributed by atoms with van der Waals surface area (Å²) < 4.78 is 38.0. The summed E-state index contributed by atoms with van der Waals surface area (Å²) in [6, 6.07) is 6.44. The zero-order valence-corrected chi connectivity index (χ0v) is 19.0. The number of carbonyl (C=O) groups excluding carboxylic acids is 1. The lowest BCUT2D eigenvalue weighted by molar-refractivity contribution is -0.0741. The Morgan fingerprint density at radius 2 is 1.79 bits per heavy atom. The fourth-order valence-electron chi connectivity index (χ4n) is 3.17. The topological polar surface area (TPSA) is 63.7 Å². The van der Waals surface area contributed by atoms with E-state index < -0.39 is 14.7 Å². The van der Waals surface area contributed by atoms with Crippen LogP contribution in [-0.4, -0.2) is 38.3 Å². The third-order valence-electron chi connectivity index (χ3n) is 5.02. The summed E-state index contributed by atoms with van der Waals surface area (Å²) in [6.45, 7) is 11.2. The molecule has 1 aromatic carbocycles. The molecule has 1 aromatic rings. The van der Waals surface area contributed by atoms with E-state index in [0.29, 0.717) is 6.54 Å². The van der Waals surface area contributed by atoms with Crippen LogP contribution in [0.2, 0.25) is 0 Å². The van der Waals surface area contributed by atoms with E-state index in [2.05, 4.69) is 45.3 Å². The molecule has 5 nitrogen and oxygen atoms in total. The highest BCUT2D eigenvalue weighted by Crippen LogP contribution is 2.40. The van der Waals surface area contributed by atoms with Crippen LogP contribution >= 0.6 is 10.7 Å². The molecular weight excluding hydrogens is 405 g/mol. The lowest BCUT2D eigenvalue weighted by Crippen LogP contribution is -2.54. The van der Waals surface area contributed by atoms with Gasteiger partial charge in [0.15, 0.2) is 0 Å². The highest BCUT2D eigenvalue weighted by Gasteiger charge is 2.44. The van der Waals surface area contributed by atoms with Gasteiger partial charge in [-0.2, -0.15) is 0 Å². The summed E-state index contributed by atoms with van der Waals surface area (Å²) in [5.74, 6) is -0.273. The van der Waals surface area contributed by atoms with Gasteiger partial charge < -0.3 is 9.64 Å². The van der Waals surface area contributed by atoms with Crippen LogP contribution in [0.1, 0.15) is 59.4 Å². The Labute approximate surface area is 172 Å². The second-order valence-corrected chi connectivity index (χ2v) is 11.3. The normalized spacial score (nSPS) is 21.4. The van der Waals surface area contributed by atoms with Crippen molar-refractivity contribution >= 4 is 25.8 Å². The van der Waals surface area contributed by atoms with Gasteiger partial charge in [-0.25, -0.2) is 17.6 Å². The summed E-state index contributed by atoms with van der Waals surface area (Å²) in [5.41, 5.74) is 0.255. The first-order valence-corrected chi connectivity index (χ1v) is 12.1. The Balaban J connectivity index is 0.000000696. The fourth-order valence-corrected chi connectivity index (χ4v) is 3.17. The molecule has 0 unspecified atom stereocenters. The molecule has 8 heteroatoms. The molecule has 28 heavy (non-hydrogen) atoms. The van der Waals surface area contributed by atoms with Gasteiger partial charge in [0.05, 0.1) is 6.26 Å². The number of hydrogen-bond acceptors (Lipinski definition) is 4. The molecule has 1 amide bonds. The molecular formula is C20H31ClFNO4S. The van der Waals surface area contributed by atoms with Crippen LogP contribution in [0.3, 0.4) is 0 Å². The Hall–Kier alpha value is -1.34. The average molecular weight is 436 g/mol. The fraction of sp³-hybridized carbons (Fsp3) is 0.650. The largest absolute Gasteiger partial charge is 0.438 e. The minimum Gasteiger partial charge on any atom is -0.438 e. The van der Waals surface area contributed by atoms with Crippen LogP contribution in [0.4, 0.5) is 9.18 Å². The van der Waals surface area contributed by atoms with Crippen molar-refractivity contribution in [1.29, 1.82) is 0 Å². The van der Waals surface area contributed by atoms with Crippen LogP contribution in [-0.2, 0) is 19.4 Å². The number of amides is 1. The van der Waals surface area contributed by atoms with E-state index in [9.17, 15) is 17.6 Å². The monoisotopic (exact) mass is 435 g/mol. The molecule has 0 aromatic heterocycles. The Morgan fingerprint density at radius 1 is 1.29 bits per heavy atom. The maximum atomic E-state index is 13.2. The Kier molecular flexibility index (Phi) is 8.33. The molecule has 1 fully saturated rings. The highest BCUT2D eigenvalue weighted by molar-refractivity contribution is 8.13. The molecule has 1 aliphatic heterocycles. The number of rotatable bonds is 4. The number of hydrogen-bond donors (Lipinski definition) is 0. The first-order chi connectivity index (χ1) is 12.7. The third kappa shape index (κ3) is 7.24. The van der Waals surface area contributed by atoms with Gasteiger partial charge in [0.1, 0.15) is 11.4 Å². The van der Waals surface area contributed by atoms with E-state index in [0.717, 1.165) is 31.1 Å². The van der Waals surface area contributed by atoms with Crippen LogP contribution < -0.4 is 0 Å². The first kappa shape index (κ1) is 24.7. The predicted octanol–water partition coefficient (Wildman–Crippen LogP) is 5.28. The second-order valence-electron chi connectivity index (χ2n) is 8.29. The Bertz CT molecular complexity index is 753. The molecule has 0 N–H and O–H groups in total. The summed E-state index contributed by atoms with van der Waals surface area (Å²) in [4.78, 5) is 14.5. The quantitative estimate of drug-likeness (QED) is 0.603. The minimum atomic E-state index is -3.19. The standard InChI is InChI=1S/C19H28FNO2.CH3ClO2S/c1-6-11-19(15-7-9-16(20)10-8-15)12-13-21(17(22)23-19)14(2)18(3,4)5;1-5(2,3)4/h7-10,14H,6,11-13H2,1-5H3;1H3/t14-,19+;/m0./s1. The molecule has 0 radical (unpaired) electrons. The number of cyclic esters (lactones) is 1. The lowest BCUT2D eigenvalue weighted by Gasteiger charge is -2.46.